The summed E-state index contributed by atoms with van der Waals surface area (Å²) in [6.07, 6.45) is 1.48. The Balaban J connectivity index is 2.74. The molecular weight excluding hydrogens is 262 g/mol. The molecule has 0 saturated carbocycles. The lowest BCUT2D eigenvalue weighted by atomic mass is 9.82. The minimum absolute atomic E-state index is 0.158. The summed E-state index contributed by atoms with van der Waals surface area (Å²) in [6, 6.07) is 1.65. The smallest absolute Gasteiger partial charge is 0.253 e. The third-order valence-electron chi connectivity index (χ3n) is 3.40. The van der Waals surface area contributed by atoms with Crippen LogP contribution in [0.1, 0.15) is 38.1 Å². The summed E-state index contributed by atoms with van der Waals surface area (Å²) < 4.78 is 0. The quantitative estimate of drug-likeness (QED) is 0.892. The molecule has 1 heterocycles. The van der Waals surface area contributed by atoms with Gasteiger partial charge in [-0.3, -0.25) is 4.79 Å². The van der Waals surface area contributed by atoms with E-state index in [1.54, 1.807) is 13.1 Å². The lowest BCUT2D eigenvalue weighted by Gasteiger charge is -2.27. The van der Waals surface area contributed by atoms with E-state index in [9.17, 15) is 4.79 Å². The zero-order valence-corrected chi connectivity index (χ0v) is 12.9. The van der Waals surface area contributed by atoms with Crippen LogP contribution in [0.5, 0.6) is 0 Å². The van der Waals surface area contributed by atoms with Crippen molar-refractivity contribution in [3.05, 3.63) is 22.8 Å². The summed E-state index contributed by atoms with van der Waals surface area (Å²) in [5.41, 5.74) is 0.605. The van der Waals surface area contributed by atoms with E-state index in [0.717, 1.165) is 0 Å². The molecule has 0 aromatic carbocycles. The highest BCUT2D eigenvalue weighted by molar-refractivity contribution is 6.33. The normalized spacial score (nSPS) is 12.9. The molecule has 0 fully saturated rings. The van der Waals surface area contributed by atoms with Crippen molar-refractivity contribution >= 4 is 23.3 Å². The third kappa shape index (κ3) is 4.39. The number of carbonyl (C=O) groups is 1. The maximum atomic E-state index is 12.1. The molecule has 2 N–H and O–H groups in total. The van der Waals surface area contributed by atoms with Crippen LogP contribution in [0.4, 0.5) is 5.82 Å². The van der Waals surface area contributed by atoms with E-state index in [-0.39, 0.29) is 11.3 Å². The minimum atomic E-state index is -0.167. The van der Waals surface area contributed by atoms with E-state index in [1.165, 1.54) is 6.20 Å². The van der Waals surface area contributed by atoms with Crippen molar-refractivity contribution in [3.63, 3.8) is 0 Å². The molecule has 0 saturated heterocycles. The van der Waals surface area contributed by atoms with Gasteiger partial charge in [-0.15, -0.1) is 0 Å². The fourth-order valence-corrected chi connectivity index (χ4v) is 1.59. The van der Waals surface area contributed by atoms with Gasteiger partial charge >= 0.3 is 0 Å². The summed E-state index contributed by atoms with van der Waals surface area (Å²) in [4.78, 5) is 16.2. The molecule has 19 heavy (non-hydrogen) atoms. The number of nitrogens with one attached hydrogen (secondary N) is 2. The number of hydrogen-bond acceptors (Lipinski definition) is 3. The van der Waals surface area contributed by atoms with Crippen molar-refractivity contribution in [1.29, 1.82) is 0 Å². The fourth-order valence-electron chi connectivity index (χ4n) is 1.40. The molecule has 1 amide bonds. The van der Waals surface area contributed by atoms with Crippen molar-refractivity contribution in [3.8, 4) is 0 Å². The molecule has 1 unspecified atom stereocenters. The molecule has 1 rings (SSSR count). The molecule has 106 valence electrons. The van der Waals surface area contributed by atoms with Gasteiger partial charge in [-0.1, -0.05) is 39.3 Å². The van der Waals surface area contributed by atoms with Gasteiger partial charge in [0.25, 0.3) is 5.91 Å². The SMILES string of the molecule is CNc1cc(C(=O)NCC(C)C(C)(C)C)c(Cl)cn1. The number of halogens is 1. The first-order valence-corrected chi connectivity index (χ1v) is 6.75. The van der Waals surface area contributed by atoms with Gasteiger partial charge in [-0.2, -0.15) is 0 Å². The van der Waals surface area contributed by atoms with Gasteiger partial charge in [0.05, 0.1) is 10.6 Å². The van der Waals surface area contributed by atoms with Gasteiger partial charge in [-0.05, 0) is 17.4 Å². The van der Waals surface area contributed by atoms with Gasteiger partial charge in [0.2, 0.25) is 0 Å². The van der Waals surface area contributed by atoms with Crippen LogP contribution >= 0.6 is 11.6 Å². The first kappa shape index (κ1) is 15.8. The van der Waals surface area contributed by atoms with E-state index in [2.05, 4.69) is 43.3 Å². The topological polar surface area (TPSA) is 54.0 Å². The second-order valence-corrected chi connectivity index (χ2v) is 6.18. The zero-order valence-electron chi connectivity index (χ0n) is 12.2. The Morgan fingerprint density at radius 3 is 2.63 bits per heavy atom. The second kappa shape index (κ2) is 6.24. The van der Waals surface area contributed by atoms with Crippen molar-refractivity contribution in [2.75, 3.05) is 18.9 Å². The van der Waals surface area contributed by atoms with Crippen molar-refractivity contribution in [1.82, 2.24) is 10.3 Å². The number of nitrogens with zero attached hydrogens (tertiary/aromatic N) is 1. The molecular formula is C14H22ClN3O. The summed E-state index contributed by atoms with van der Waals surface area (Å²) in [5.74, 6) is 0.833. The van der Waals surface area contributed by atoms with Crippen LogP contribution in [-0.2, 0) is 0 Å². The Bertz CT molecular complexity index is 454. The average Bonchev–Trinajstić information content (AvgIpc) is 2.34. The molecule has 0 aliphatic heterocycles. The van der Waals surface area contributed by atoms with Crippen molar-refractivity contribution in [2.45, 2.75) is 27.7 Å². The molecule has 4 nitrogen and oxygen atoms in total. The Morgan fingerprint density at radius 2 is 2.11 bits per heavy atom. The standard InChI is InChI=1S/C14H22ClN3O/c1-9(14(2,3)4)7-18-13(19)10-6-12(16-5)17-8-11(10)15/h6,8-9H,7H2,1-5H3,(H,16,17)(H,18,19). The summed E-state index contributed by atoms with van der Waals surface area (Å²) in [6.45, 7) is 9.20. The van der Waals surface area contributed by atoms with Crippen molar-refractivity contribution in [2.24, 2.45) is 11.3 Å². The van der Waals surface area contributed by atoms with Crippen LogP contribution in [0, 0.1) is 11.3 Å². The lowest BCUT2D eigenvalue weighted by Crippen LogP contribution is -2.33. The average molecular weight is 284 g/mol. The molecule has 0 aliphatic carbocycles. The summed E-state index contributed by atoms with van der Waals surface area (Å²) >= 11 is 6.00. The lowest BCUT2D eigenvalue weighted by molar-refractivity contribution is 0.0937. The number of amides is 1. The van der Waals surface area contributed by atoms with E-state index >= 15 is 0 Å². The van der Waals surface area contributed by atoms with Gasteiger partial charge < -0.3 is 10.6 Å². The van der Waals surface area contributed by atoms with Gasteiger partial charge in [0, 0.05) is 19.8 Å². The Kier molecular flexibility index (Phi) is 5.18. The van der Waals surface area contributed by atoms with E-state index in [1.807, 2.05) is 0 Å². The van der Waals surface area contributed by atoms with Gasteiger partial charge in [-0.25, -0.2) is 4.98 Å². The summed E-state index contributed by atoms with van der Waals surface area (Å²) in [7, 11) is 1.75. The van der Waals surface area contributed by atoms with Crippen LogP contribution in [-0.4, -0.2) is 24.5 Å². The number of hydrogen-bond donors (Lipinski definition) is 2. The molecule has 0 radical (unpaired) electrons. The van der Waals surface area contributed by atoms with Crippen molar-refractivity contribution < 1.29 is 4.79 Å². The van der Waals surface area contributed by atoms with Crippen LogP contribution < -0.4 is 10.6 Å². The first-order chi connectivity index (χ1) is 8.75. The van der Waals surface area contributed by atoms with Crippen LogP contribution in [0.2, 0.25) is 5.02 Å². The Labute approximate surface area is 120 Å². The van der Waals surface area contributed by atoms with E-state index in [4.69, 9.17) is 11.6 Å². The van der Waals surface area contributed by atoms with Crippen LogP contribution in [0.25, 0.3) is 0 Å². The third-order valence-corrected chi connectivity index (χ3v) is 3.70. The monoisotopic (exact) mass is 283 g/mol. The maximum Gasteiger partial charge on any atom is 0.253 e. The van der Waals surface area contributed by atoms with Gasteiger partial charge in [0.15, 0.2) is 0 Å². The largest absolute Gasteiger partial charge is 0.373 e. The highest BCUT2D eigenvalue weighted by Crippen LogP contribution is 2.24. The highest BCUT2D eigenvalue weighted by atomic mass is 35.5. The zero-order chi connectivity index (χ0) is 14.6. The number of aromatic nitrogens is 1. The van der Waals surface area contributed by atoms with E-state index < -0.39 is 0 Å². The molecule has 1 aromatic heterocycles. The fraction of sp³-hybridized carbons (Fsp3) is 0.571. The molecule has 0 bridgehead atoms. The highest BCUT2D eigenvalue weighted by Gasteiger charge is 2.21. The molecule has 1 atom stereocenters. The second-order valence-electron chi connectivity index (χ2n) is 5.78. The first-order valence-electron chi connectivity index (χ1n) is 6.37. The van der Waals surface area contributed by atoms with Crippen LogP contribution in [0.15, 0.2) is 12.3 Å². The summed E-state index contributed by atoms with van der Waals surface area (Å²) in [5, 5.41) is 6.17. The Hall–Kier alpha value is -1.29. The maximum absolute atomic E-state index is 12.1. The molecule has 0 aliphatic rings. The predicted molar refractivity (Wildman–Crippen MR) is 79.7 cm³/mol. The van der Waals surface area contributed by atoms with Gasteiger partial charge in [0.1, 0.15) is 5.82 Å². The van der Waals surface area contributed by atoms with E-state index in [0.29, 0.717) is 28.9 Å². The number of rotatable bonds is 4. The Morgan fingerprint density at radius 1 is 1.47 bits per heavy atom. The molecule has 1 aromatic rings. The predicted octanol–water partition coefficient (Wildman–Crippen LogP) is 3.19. The number of pyridine rings is 1. The minimum Gasteiger partial charge on any atom is -0.373 e. The molecule has 0 spiro atoms. The number of carbonyl (C=O) groups excluding carboxylic acids is 1. The number of anilines is 1. The molecule has 5 heteroatoms. The van der Waals surface area contributed by atoms with Crippen LogP contribution in [0.3, 0.4) is 0 Å².